The van der Waals surface area contributed by atoms with Crippen molar-refractivity contribution in [3.05, 3.63) is 88.4 Å². The molecule has 0 atom stereocenters. The Morgan fingerprint density at radius 3 is 2.52 bits per heavy atom. The van der Waals surface area contributed by atoms with E-state index in [1.807, 2.05) is 0 Å². The third-order valence-electron chi connectivity index (χ3n) is 3.90. The molecule has 3 rings (SSSR count). The van der Waals surface area contributed by atoms with Crippen molar-refractivity contribution in [3.63, 3.8) is 0 Å². The number of nitrogens with zero attached hydrogens (tertiary/aromatic N) is 2. The average molecular weight is 400 g/mol. The highest BCUT2D eigenvalue weighted by Crippen LogP contribution is 2.30. The summed E-state index contributed by atoms with van der Waals surface area (Å²) in [6, 6.07) is 13.0. The van der Waals surface area contributed by atoms with Crippen molar-refractivity contribution >= 4 is 17.6 Å². The number of anilines is 1. The minimum atomic E-state index is -4.56. The number of halogens is 3. The molecular formula is C20H15F3N4O2. The summed E-state index contributed by atoms with van der Waals surface area (Å²) in [7, 11) is 0. The predicted octanol–water partition coefficient (Wildman–Crippen LogP) is 4.06. The number of hydrogen-bond donors (Lipinski definition) is 3. The molecule has 6 nitrogen and oxygen atoms in total. The van der Waals surface area contributed by atoms with Gasteiger partial charge in [-0.05, 0) is 36.4 Å². The first-order valence-corrected chi connectivity index (χ1v) is 8.33. The van der Waals surface area contributed by atoms with Crippen LogP contribution in [-0.4, -0.2) is 21.1 Å². The Hall–Kier alpha value is -3.88. The van der Waals surface area contributed by atoms with Gasteiger partial charge >= 0.3 is 6.18 Å². The molecule has 1 aromatic heterocycles. The molecule has 2 aromatic carbocycles. The predicted molar refractivity (Wildman–Crippen MR) is 103 cm³/mol. The molecule has 0 spiro atoms. The molecule has 0 amide bonds. The molecule has 0 aliphatic carbocycles. The third-order valence-corrected chi connectivity index (χ3v) is 3.90. The Bertz CT molecular complexity index is 1120. The quantitative estimate of drug-likeness (QED) is 0.564. The smallest absolute Gasteiger partial charge is 0.416 e. The van der Waals surface area contributed by atoms with Gasteiger partial charge in [0, 0.05) is 11.9 Å². The first-order valence-electron chi connectivity index (χ1n) is 8.33. The van der Waals surface area contributed by atoms with Crippen LogP contribution in [0.2, 0.25) is 0 Å². The van der Waals surface area contributed by atoms with Gasteiger partial charge in [-0.1, -0.05) is 24.3 Å². The van der Waals surface area contributed by atoms with E-state index in [9.17, 15) is 23.1 Å². The molecule has 0 aliphatic rings. The summed E-state index contributed by atoms with van der Waals surface area (Å²) < 4.78 is 40.0. The van der Waals surface area contributed by atoms with Crippen LogP contribution in [0.15, 0.2) is 71.7 Å². The summed E-state index contributed by atoms with van der Waals surface area (Å²) in [5, 5.41) is 24.4. The number of allylic oxidation sites excluding steroid dienone is 1. The van der Waals surface area contributed by atoms with Gasteiger partial charge in [0.25, 0.3) is 5.43 Å². The van der Waals surface area contributed by atoms with E-state index < -0.39 is 22.9 Å². The van der Waals surface area contributed by atoms with Crippen molar-refractivity contribution in [1.29, 1.82) is 5.41 Å². The molecule has 0 saturated heterocycles. The second kappa shape index (κ2) is 8.01. The number of alkyl halides is 3. The Morgan fingerprint density at radius 1 is 1.14 bits per heavy atom. The topological polar surface area (TPSA) is 91.0 Å². The average Bonchev–Trinajstić information content (AvgIpc) is 2.70. The third kappa shape index (κ3) is 4.52. The van der Waals surface area contributed by atoms with Gasteiger partial charge in [-0.3, -0.25) is 4.79 Å². The van der Waals surface area contributed by atoms with Gasteiger partial charge in [0.15, 0.2) is 11.4 Å². The second-order valence-corrected chi connectivity index (χ2v) is 5.92. The fourth-order valence-electron chi connectivity index (χ4n) is 2.55. The van der Waals surface area contributed by atoms with Crippen LogP contribution in [0.1, 0.15) is 11.3 Å². The fourth-order valence-corrected chi connectivity index (χ4v) is 2.55. The molecule has 0 bridgehead atoms. The van der Waals surface area contributed by atoms with E-state index in [2.05, 4.69) is 10.4 Å². The summed E-state index contributed by atoms with van der Waals surface area (Å²) in [5.41, 5.74) is -1.28. The first kappa shape index (κ1) is 19.9. The maximum atomic E-state index is 13.0. The summed E-state index contributed by atoms with van der Waals surface area (Å²) in [6.45, 7) is 0. The molecule has 29 heavy (non-hydrogen) atoms. The maximum absolute atomic E-state index is 13.0. The van der Waals surface area contributed by atoms with E-state index in [0.717, 1.165) is 29.2 Å². The standard InChI is InChI=1S/C20H15F3N4O2/c21-20(22,23)13-5-4-8-15(11-13)27-12-17(28)19(29)18(26-27)16(9-10-24)25-14-6-2-1-3-7-14/h1-12,24-25,28H/b16-9-,24-10?. The van der Waals surface area contributed by atoms with Crippen molar-refractivity contribution in [2.45, 2.75) is 6.18 Å². The zero-order valence-electron chi connectivity index (χ0n) is 14.8. The van der Waals surface area contributed by atoms with Gasteiger partial charge in [0.1, 0.15) is 0 Å². The Kier molecular flexibility index (Phi) is 5.49. The Balaban J connectivity index is 2.11. The maximum Gasteiger partial charge on any atom is 0.416 e. The number of aromatic nitrogens is 2. The summed E-state index contributed by atoms with van der Waals surface area (Å²) in [6.07, 6.45) is -1.44. The van der Waals surface area contributed by atoms with Crippen LogP contribution >= 0.6 is 0 Å². The minimum absolute atomic E-state index is 0.00490. The minimum Gasteiger partial charge on any atom is -0.503 e. The molecular weight excluding hydrogens is 385 g/mol. The molecule has 0 fully saturated rings. The lowest BCUT2D eigenvalue weighted by Gasteiger charge is -2.14. The second-order valence-electron chi connectivity index (χ2n) is 5.92. The molecule has 9 heteroatoms. The number of para-hydroxylation sites is 1. The van der Waals surface area contributed by atoms with Crippen LogP contribution in [0.25, 0.3) is 11.4 Å². The highest BCUT2D eigenvalue weighted by Gasteiger charge is 2.30. The number of aromatic hydroxyl groups is 1. The van der Waals surface area contributed by atoms with Crippen molar-refractivity contribution in [1.82, 2.24) is 9.78 Å². The van der Waals surface area contributed by atoms with Gasteiger partial charge < -0.3 is 15.8 Å². The zero-order valence-corrected chi connectivity index (χ0v) is 14.8. The molecule has 3 aromatic rings. The van der Waals surface area contributed by atoms with Crippen LogP contribution in [0.5, 0.6) is 5.75 Å². The van der Waals surface area contributed by atoms with Crippen LogP contribution in [-0.2, 0) is 6.18 Å². The first-order chi connectivity index (χ1) is 13.8. The molecule has 148 valence electrons. The van der Waals surface area contributed by atoms with Crippen LogP contribution < -0.4 is 10.7 Å². The molecule has 0 unspecified atom stereocenters. The van der Waals surface area contributed by atoms with Crippen LogP contribution in [0.3, 0.4) is 0 Å². The van der Waals surface area contributed by atoms with Crippen molar-refractivity contribution in [2.75, 3.05) is 5.32 Å². The van der Waals surface area contributed by atoms with Gasteiger partial charge in [-0.25, -0.2) is 4.68 Å². The fraction of sp³-hybridized carbons (Fsp3) is 0.0500. The number of benzene rings is 2. The molecule has 1 heterocycles. The molecule has 3 N–H and O–H groups in total. The van der Waals surface area contributed by atoms with Crippen molar-refractivity contribution in [2.24, 2.45) is 0 Å². The Labute approximate surface area is 163 Å². The van der Waals surface area contributed by atoms with Crippen molar-refractivity contribution in [3.8, 4) is 11.4 Å². The van der Waals surface area contributed by atoms with Gasteiger partial charge in [-0.15, -0.1) is 0 Å². The van der Waals surface area contributed by atoms with E-state index in [4.69, 9.17) is 5.41 Å². The van der Waals surface area contributed by atoms with E-state index in [1.54, 1.807) is 30.3 Å². The van der Waals surface area contributed by atoms with Crippen molar-refractivity contribution < 1.29 is 18.3 Å². The zero-order chi connectivity index (χ0) is 21.0. The van der Waals surface area contributed by atoms with Crippen LogP contribution in [0.4, 0.5) is 18.9 Å². The molecule has 0 radical (unpaired) electrons. The number of hydrogen-bond acceptors (Lipinski definition) is 5. The highest BCUT2D eigenvalue weighted by molar-refractivity contribution is 5.87. The molecule has 0 saturated carbocycles. The lowest BCUT2D eigenvalue weighted by molar-refractivity contribution is -0.137. The largest absolute Gasteiger partial charge is 0.503 e. The Morgan fingerprint density at radius 2 is 1.86 bits per heavy atom. The lowest BCUT2D eigenvalue weighted by Crippen LogP contribution is -2.19. The lowest BCUT2D eigenvalue weighted by atomic mass is 10.2. The van der Waals surface area contributed by atoms with Gasteiger partial charge in [-0.2, -0.15) is 18.3 Å². The summed E-state index contributed by atoms with van der Waals surface area (Å²) in [4.78, 5) is 12.4. The van der Waals surface area contributed by atoms with Crippen LogP contribution in [0, 0.1) is 5.41 Å². The SMILES string of the molecule is N=C/C=C(\Nc1ccccc1)c1nn(-c2cccc(C(F)(F)F)c2)cc(O)c1=O. The van der Waals surface area contributed by atoms with E-state index in [0.29, 0.717) is 5.69 Å². The van der Waals surface area contributed by atoms with E-state index >= 15 is 0 Å². The van der Waals surface area contributed by atoms with Gasteiger partial charge in [0.2, 0.25) is 0 Å². The number of rotatable bonds is 5. The van der Waals surface area contributed by atoms with Gasteiger partial charge in [0.05, 0.1) is 23.1 Å². The highest BCUT2D eigenvalue weighted by atomic mass is 19.4. The number of nitrogens with one attached hydrogen (secondary N) is 2. The normalized spacial score (nSPS) is 11.9. The summed E-state index contributed by atoms with van der Waals surface area (Å²) >= 11 is 0. The van der Waals surface area contributed by atoms with E-state index in [-0.39, 0.29) is 17.1 Å². The monoisotopic (exact) mass is 400 g/mol. The summed E-state index contributed by atoms with van der Waals surface area (Å²) in [5.74, 6) is -0.696. The molecule has 0 aliphatic heterocycles. The van der Waals surface area contributed by atoms with E-state index in [1.165, 1.54) is 18.2 Å².